The van der Waals surface area contributed by atoms with E-state index < -0.39 is 12.4 Å². The molecule has 0 fully saturated rings. The molecule has 1 N–H and O–H groups in total. The third kappa shape index (κ3) is 4.52. The average molecular weight is 376 g/mol. The lowest BCUT2D eigenvalue weighted by atomic mass is 10.1. The Balaban J connectivity index is 1.58. The van der Waals surface area contributed by atoms with Crippen LogP contribution in [0.4, 0.5) is 8.78 Å². The van der Waals surface area contributed by atoms with Crippen molar-refractivity contribution in [1.29, 1.82) is 0 Å². The largest absolute Gasteiger partial charge is 0.435 e. The Morgan fingerprint density at radius 1 is 1.19 bits per heavy atom. The Labute approximate surface area is 153 Å². The van der Waals surface area contributed by atoms with Gasteiger partial charge in [-0.3, -0.25) is 9.36 Å². The van der Waals surface area contributed by atoms with Crippen molar-refractivity contribution in [3.05, 3.63) is 64.6 Å². The van der Waals surface area contributed by atoms with Crippen LogP contribution >= 0.6 is 0 Å². The molecule has 2 aromatic carbocycles. The molecule has 27 heavy (non-hydrogen) atoms. The second-order valence-electron chi connectivity index (χ2n) is 5.97. The summed E-state index contributed by atoms with van der Waals surface area (Å²) in [7, 11) is 0. The molecule has 0 spiro atoms. The molecule has 0 aliphatic rings. The lowest BCUT2D eigenvalue weighted by Crippen LogP contribution is -2.28. The molecule has 0 saturated carbocycles. The van der Waals surface area contributed by atoms with Crippen LogP contribution in [0.25, 0.3) is 11.1 Å². The topological polar surface area (TPSA) is 73.5 Å². The quantitative estimate of drug-likeness (QED) is 0.685. The van der Waals surface area contributed by atoms with Gasteiger partial charge in [-0.25, -0.2) is 4.79 Å². The SMILES string of the molecule is C[C@H](NC(=O)CCn1c(=O)oc2ccccc21)c1ccc(OC(F)F)cc1. The van der Waals surface area contributed by atoms with Crippen molar-refractivity contribution >= 4 is 17.0 Å². The molecule has 0 radical (unpaired) electrons. The van der Waals surface area contributed by atoms with Crippen molar-refractivity contribution in [3.8, 4) is 5.75 Å². The number of aryl methyl sites for hydroxylation is 1. The number of carbonyl (C=O) groups excluding carboxylic acids is 1. The number of alkyl halides is 2. The number of hydrogen-bond donors (Lipinski definition) is 1. The molecule has 0 saturated heterocycles. The van der Waals surface area contributed by atoms with Crippen LogP contribution in [-0.4, -0.2) is 17.1 Å². The maximum absolute atomic E-state index is 12.2. The van der Waals surface area contributed by atoms with Crippen LogP contribution in [0.2, 0.25) is 0 Å². The van der Waals surface area contributed by atoms with E-state index in [0.717, 1.165) is 5.56 Å². The number of aromatic nitrogens is 1. The van der Waals surface area contributed by atoms with Crippen LogP contribution in [0.15, 0.2) is 57.7 Å². The number of halogens is 2. The van der Waals surface area contributed by atoms with Crippen LogP contribution in [0.1, 0.15) is 24.9 Å². The fourth-order valence-corrected chi connectivity index (χ4v) is 2.77. The number of rotatable bonds is 7. The first-order valence-electron chi connectivity index (χ1n) is 8.36. The molecule has 0 aliphatic carbocycles. The molecule has 1 atom stereocenters. The summed E-state index contributed by atoms with van der Waals surface area (Å²) in [5.41, 5.74) is 1.86. The first-order chi connectivity index (χ1) is 12.9. The highest BCUT2D eigenvalue weighted by atomic mass is 19.3. The van der Waals surface area contributed by atoms with Gasteiger partial charge in [-0.05, 0) is 36.8 Å². The summed E-state index contributed by atoms with van der Waals surface area (Å²) in [6.07, 6.45) is 0.0976. The zero-order valence-corrected chi connectivity index (χ0v) is 14.5. The third-order valence-electron chi connectivity index (χ3n) is 4.12. The first kappa shape index (κ1) is 18.6. The number of hydrogen-bond acceptors (Lipinski definition) is 4. The molecule has 8 heteroatoms. The second kappa shape index (κ2) is 8.03. The van der Waals surface area contributed by atoms with E-state index in [1.54, 1.807) is 43.3 Å². The normalized spacial score (nSPS) is 12.3. The summed E-state index contributed by atoms with van der Waals surface area (Å²) < 4.78 is 35.2. The monoisotopic (exact) mass is 376 g/mol. The van der Waals surface area contributed by atoms with Crippen LogP contribution < -0.4 is 15.8 Å². The average Bonchev–Trinajstić information content (AvgIpc) is 2.95. The Kier molecular flexibility index (Phi) is 5.54. The van der Waals surface area contributed by atoms with Crippen LogP contribution in [0.5, 0.6) is 5.75 Å². The Bertz CT molecular complexity index is 979. The van der Waals surface area contributed by atoms with Gasteiger partial charge in [0.05, 0.1) is 11.6 Å². The Morgan fingerprint density at radius 2 is 1.89 bits per heavy atom. The van der Waals surface area contributed by atoms with E-state index >= 15 is 0 Å². The summed E-state index contributed by atoms with van der Waals surface area (Å²) >= 11 is 0. The highest BCUT2D eigenvalue weighted by Crippen LogP contribution is 2.19. The van der Waals surface area contributed by atoms with Gasteiger partial charge in [-0.15, -0.1) is 0 Å². The van der Waals surface area contributed by atoms with Gasteiger partial charge in [0.2, 0.25) is 5.91 Å². The van der Waals surface area contributed by atoms with E-state index in [0.29, 0.717) is 11.1 Å². The fourth-order valence-electron chi connectivity index (χ4n) is 2.77. The zero-order valence-electron chi connectivity index (χ0n) is 14.5. The van der Waals surface area contributed by atoms with Crippen molar-refractivity contribution in [2.45, 2.75) is 32.5 Å². The molecule has 1 heterocycles. The number of benzene rings is 2. The van der Waals surface area contributed by atoms with Gasteiger partial charge in [0.1, 0.15) is 5.75 Å². The number of oxazole rings is 1. The van der Waals surface area contributed by atoms with Crippen molar-refractivity contribution in [2.75, 3.05) is 0 Å². The fraction of sp³-hybridized carbons (Fsp3) is 0.263. The van der Waals surface area contributed by atoms with Gasteiger partial charge in [-0.1, -0.05) is 24.3 Å². The molecule has 0 bridgehead atoms. The number of nitrogens with zero attached hydrogens (tertiary/aromatic N) is 1. The molecule has 3 aromatic rings. The smallest absolute Gasteiger partial charge is 0.419 e. The molecule has 142 valence electrons. The van der Waals surface area contributed by atoms with E-state index in [1.807, 2.05) is 0 Å². The molecular formula is C19H18F2N2O4. The van der Waals surface area contributed by atoms with Gasteiger partial charge >= 0.3 is 12.4 Å². The van der Waals surface area contributed by atoms with E-state index in [4.69, 9.17) is 4.42 Å². The van der Waals surface area contributed by atoms with Crippen LogP contribution in [0, 0.1) is 0 Å². The summed E-state index contributed by atoms with van der Waals surface area (Å²) in [6.45, 7) is -0.911. The van der Waals surface area contributed by atoms with Crippen molar-refractivity contribution in [2.24, 2.45) is 0 Å². The van der Waals surface area contributed by atoms with Gasteiger partial charge < -0.3 is 14.5 Å². The highest BCUT2D eigenvalue weighted by molar-refractivity contribution is 5.77. The number of ether oxygens (including phenoxy) is 1. The summed E-state index contributed by atoms with van der Waals surface area (Å²) in [5, 5.41) is 2.81. The molecule has 0 aliphatic heterocycles. The Hall–Kier alpha value is -3.16. The Morgan fingerprint density at radius 3 is 2.59 bits per heavy atom. The van der Waals surface area contributed by atoms with Crippen LogP contribution in [-0.2, 0) is 11.3 Å². The molecular weight excluding hydrogens is 358 g/mol. The second-order valence-corrected chi connectivity index (χ2v) is 5.97. The third-order valence-corrected chi connectivity index (χ3v) is 4.12. The summed E-state index contributed by atoms with van der Waals surface area (Å²) in [5.74, 6) is -0.697. The molecule has 1 aromatic heterocycles. The lowest BCUT2D eigenvalue weighted by Gasteiger charge is -2.15. The molecule has 6 nitrogen and oxygen atoms in total. The van der Waals surface area contributed by atoms with Crippen molar-refractivity contribution < 1.29 is 22.7 Å². The standard InChI is InChI=1S/C19H18F2N2O4/c1-12(13-6-8-14(9-7-13)26-18(20)21)22-17(24)10-11-23-15-4-2-3-5-16(15)27-19(23)25/h2-9,12,18H,10-11H2,1H3,(H,22,24)/t12-/m0/s1. The van der Waals surface area contributed by atoms with E-state index in [1.165, 1.54) is 16.7 Å². The summed E-state index contributed by atoms with van der Waals surface area (Å²) in [6, 6.07) is 12.7. The van der Waals surface area contributed by atoms with Gasteiger partial charge in [0.15, 0.2) is 5.58 Å². The maximum atomic E-state index is 12.2. The highest BCUT2D eigenvalue weighted by Gasteiger charge is 2.13. The lowest BCUT2D eigenvalue weighted by molar-refractivity contribution is -0.121. The predicted molar refractivity (Wildman–Crippen MR) is 94.7 cm³/mol. The number of para-hydroxylation sites is 2. The minimum Gasteiger partial charge on any atom is -0.435 e. The van der Waals surface area contributed by atoms with Crippen molar-refractivity contribution in [3.63, 3.8) is 0 Å². The van der Waals surface area contributed by atoms with Gasteiger partial charge in [-0.2, -0.15) is 8.78 Å². The summed E-state index contributed by atoms with van der Waals surface area (Å²) in [4.78, 5) is 24.1. The minimum atomic E-state index is -2.88. The minimum absolute atomic E-state index is 0.0542. The first-order valence-corrected chi connectivity index (χ1v) is 8.36. The molecule has 3 rings (SSSR count). The number of amides is 1. The van der Waals surface area contributed by atoms with E-state index in [2.05, 4.69) is 10.1 Å². The molecule has 1 amide bonds. The zero-order chi connectivity index (χ0) is 19.4. The maximum Gasteiger partial charge on any atom is 0.419 e. The number of nitrogens with one attached hydrogen (secondary N) is 1. The number of fused-ring (bicyclic) bond motifs is 1. The van der Waals surface area contributed by atoms with E-state index in [-0.39, 0.29) is 30.7 Å². The van der Waals surface area contributed by atoms with Gasteiger partial charge in [0, 0.05) is 13.0 Å². The molecule has 0 unspecified atom stereocenters. The predicted octanol–water partition coefficient (Wildman–Crippen LogP) is 3.46. The van der Waals surface area contributed by atoms with E-state index in [9.17, 15) is 18.4 Å². The van der Waals surface area contributed by atoms with Gasteiger partial charge in [0.25, 0.3) is 0 Å². The van der Waals surface area contributed by atoms with Crippen molar-refractivity contribution in [1.82, 2.24) is 9.88 Å². The number of carbonyl (C=O) groups is 1. The van der Waals surface area contributed by atoms with Crippen LogP contribution in [0.3, 0.4) is 0 Å².